The fraction of sp³-hybridized carbons (Fsp3) is 0. The minimum absolute atomic E-state index is 0.596. The van der Waals surface area contributed by atoms with Gasteiger partial charge in [0.1, 0.15) is 0 Å². The Labute approximate surface area is 170 Å². The van der Waals surface area contributed by atoms with Crippen LogP contribution in [0.2, 0.25) is 0 Å². The first-order valence-corrected chi connectivity index (χ1v) is 9.82. The van der Waals surface area contributed by atoms with Crippen LogP contribution in [0.15, 0.2) is 60.7 Å². The summed E-state index contributed by atoms with van der Waals surface area (Å²) in [7, 11) is 0. The Balaban J connectivity index is 1.74. The number of hydrogen-bond donors (Lipinski definition) is 4. The lowest BCUT2D eigenvalue weighted by atomic mass is 10.1. The summed E-state index contributed by atoms with van der Waals surface area (Å²) in [6.45, 7) is 0. The molecule has 30 heavy (non-hydrogen) atoms. The van der Waals surface area contributed by atoms with Crippen molar-refractivity contribution >= 4 is 40.9 Å². The molecule has 0 fully saturated rings. The third-order valence-electron chi connectivity index (χ3n) is 5.53. The van der Waals surface area contributed by atoms with Crippen molar-refractivity contribution in [2.75, 3.05) is 0 Å². The number of H-pyrrole nitrogens is 4. The lowest BCUT2D eigenvalue weighted by Crippen LogP contribution is -2.14. The molecule has 0 amide bonds. The third-order valence-corrected chi connectivity index (χ3v) is 5.53. The van der Waals surface area contributed by atoms with Crippen LogP contribution in [-0.2, 0) is 4.79 Å². The first-order chi connectivity index (χ1) is 14.8. The van der Waals surface area contributed by atoms with Gasteiger partial charge in [-0.05, 0) is 54.6 Å². The Bertz CT molecular complexity index is 1670. The molecule has 5 heterocycles. The SMILES string of the molecule is O=CC1=c2ccc([nH]2)=Cc2[nH]c(c3ccccc23)C=c2ccc([nH]2)=Cc2ccc1[nH]2. The largest absolute Gasteiger partial charge is 0.355 e. The van der Waals surface area contributed by atoms with Crippen molar-refractivity contribution in [2.45, 2.75) is 0 Å². The van der Waals surface area contributed by atoms with Crippen LogP contribution < -0.4 is 21.4 Å². The summed E-state index contributed by atoms with van der Waals surface area (Å²) >= 11 is 0. The number of rotatable bonds is 1. The summed E-state index contributed by atoms with van der Waals surface area (Å²) in [6, 6.07) is 20.3. The lowest BCUT2D eigenvalue weighted by Gasteiger charge is -1.95. The average molecular weight is 390 g/mol. The van der Waals surface area contributed by atoms with E-state index in [1.807, 2.05) is 48.5 Å². The first kappa shape index (κ1) is 16.7. The summed E-state index contributed by atoms with van der Waals surface area (Å²) < 4.78 is 0. The topological polar surface area (TPSA) is 80.2 Å². The van der Waals surface area contributed by atoms with Crippen LogP contribution in [-0.4, -0.2) is 26.2 Å². The van der Waals surface area contributed by atoms with Crippen LogP contribution in [0.1, 0.15) is 22.8 Å². The van der Waals surface area contributed by atoms with Crippen molar-refractivity contribution in [1.29, 1.82) is 0 Å². The highest BCUT2D eigenvalue weighted by molar-refractivity contribution is 6.05. The van der Waals surface area contributed by atoms with Gasteiger partial charge in [-0.1, -0.05) is 24.3 Å². The smallest absolute Gasteiger partial charge is 0.154 e. The van der Waals surface area contributed by atoms with Crippen LogP contribution in [0.25, 0.3) is 34.6 Å². The van der Waals surface area contributed by atoms with Gasteiger partial charge in [0.05, 0.1) is 16.6 Å². The van der Waals surface area contributed by atoms with Crippen LogP contribution in [0.4, 0.5) is 0 Å². The molecular formula is C25H18N4O. The third kappa shape index (κ3) is 2.68. The van der Waals surface area contributed by atoms with Crippen molar-refractivity contribution in [3.05, 3.63) is 105 Å². The maximum atomic E-state index is 11.9. The number of nitrogens with one attached hydrogen (secondary N) is 4. The van der Waals surface area contributed by atoms with Crippen molar-refractivity contribution < 1.29 is 4.79 Å². The minimum Gasteiger partial charge on any atom is -0.355 e. The number of benzene rings is 1. The highest BCUT2D eigenvalue weighted by Crippen LogP contribution is 2.23. The van der Waals surface area contributed by atoms with Crippen LogP contribution >= 0.6 is 0 Å². The van der Waals surface area contributed by atoms with E-state index >= 15 is 0 Å². The summed E-state index contributed by atoms with van der Waals surface area (Å²) in [4.78, 5) is 25.6. The predicted molar refractivity (Wildman–Crippen MR) is 118 cm³/mol. The molecule has 4 N–H and O–H groups in total. The van der Waals surface area contributed by atoms with Gasteiger partial charge in [0, 0.05) is 43.9 Å². The first-order valence-electron chi connectivity index (χ1n) is 9.82. The van der Waals surface area contributed by atoms with Gasteiger partial charge in [0.25, 0.3) is 0 Å². The van der Waals surface area contributed by atoms with Gasteiger partial charge >= 0.3 is 0 Å². The maximum Gasteiger partial charge on any atom is 0.154 e. The molecule has 4 aromatic heterocycles. The van der Waals surface area contributed by atoms with Gasteiger partial charge in [-0.2, -0.15) is 0 Å². The summed E-state index contributed by atoms with van der Waals surface area (Å²) in [6.07, 6.45) is 7.12. The summed E-state index contributed by atoms with van der Waals surface area (Å²) in [5.74, 6) is 0. The Hall–Kier alpha value is -4.25. The lowest BCUT2D eigenvalue weighted by molar-refractivity contribution is -0.103. The molecule has 0 saturated carbocycles. The zero-order valence-corrected chi connectivity index (χ0v) is 16.0. The molecule has 0 saturated heterocycles. The zero-order chi connectivity index (χ0) is 20.1. The van der Waals surface area contributed by atoms with Crippen molar-refractivity contribution in [3.63, 3.8) is 0 Å². The molecule has 6 rings (SSSR count). The molecule has 144 valence electrons. The molecule has 1 aliphatic heterocycles. The van der Waals surface area contributed by atoms with Gasteiger partial charge in [0.15, 0.2) is 6.29 Å². The molecule has 0 aliphatic carbocycles. The highest BCUT2D eigenvalue weighted by Gasteiger charge is 2.08. The molecule has 1 aliphatic rings. The molecule has 0 unspecified atom stereocenters. The Kier molecular flexibility index (Phi) is 3.55. The van der Waals surface area contributed by atoms with E-state index < -0.39 is 0 Å². The molecule has 0 radical (unpaired) electrons. The maximum absolute atomic E-state index is 11.9. The van der Waals surface area contributed by atoms with E-state index in [0.29, 0.717) is 5.57 Å². The minimum atomic E-state index is 0.596. The fourth-order valence-corrected chi connectivity index (χ4v) is 4.12. The number of carbonyl (C=O) groups is 1. The molecule has 8 bridgehead atoms. The van der Waals surface area contributed by atoms with E-state index in [1.54, 1.807) is 0 Å². The fourth-order valence-electron chi connectivity index (χ4n) is 4.12. The number of aldehydes is 1. The van der Waals surface area contributed by atoms with E-state index in [2.05, 4.69) is 50.3 Å². The van der Waals surface area contributed by atoms with Gasteiger partial charge in [-0.15, -0.1) is 0 Å². The van der Waals surface area contributed by atoms with Gasteiger partial charge in [-0.25, -0.2) is 0 Å². The van der Waals surface area contributed by atoms with E-state index in [1.165, 1.54) is 0 Å². The van der Waals surface area contributed by atoms with Gasteiger partial charge in [0.2, 0.25) is 0 Å². The molecule has 5 nitrogen and oxygen atoms in total. The van der Waals surface area contributed by atoms with Crippen molar-refractivity contribution in [1.82, 2.24) is 19.9 Å². The van der Waals surface area contributed by atoms with E-state index in [9.17, 15) is 4.79 Å². The molecule has 0 spiro atoms. The monoisotopic (exact) mass is 390 g/mol. The molecule has 5 heteroatoms. The number of fused-ring (bicyclic) bond motifs is 11. The average Bonchev–Trinajstić information content (AvgIpc) is 3.54. The number of hydrogen-bond acceptors (Lipinski definition) is 1. The van der Waals surface area contributed by atoms with Gasteiger partial charge in [-0.3, -0.25) is 4.79 Å². The predicted octanol–water partition coefficient (Wildman–Crippen LogP) is 1.35. The normalized spacial score (nSPS) is 12.9. The zero-order valence-electron chi connectivity index (χ0n) is 16.0. The second-order valence-corrected chi connectivity index (χ2v) is 7.49. The van der Waals surface area contributed by atoms with E-state index in [0.717, 1.165) is 61.2 Å². The summed E-state index contributed by atoms with van der Waals surface area (Å²) in [5.41, 5.74) is 4.37. The number of carbonyl (C=O) groups excluding carboxylic acids is 1. The molecule has 1 aromatic carbocycles. The van der Waals surface area contributed by atoms with Crippen molar-refractivity contribution in [2.24, 2.45) is 0 Å². The highest BCUT2D eigenvalue weighted by atomic mass is 16.1. The molecule has 5 aromatic rings. The van der Waals surface area contributed by atoms with Gasteiger partial charge < -0.3 is 19.9 Å². The quantitative estimate of drug-likeness (QED) is 0.320. The molecule has 0 atom stereocenters. The van der Waals surface area contributed by atoms with Crippen LogP contribution in [0, 0.1) is 0 Å². The second kappa shape index (κ2) is 6.39. The van der Waals surface area contributed by atoms with Crippen LogP contribution in [0.5, 0.6) is 0 Å². The number of aromatic nitrogens is 4. The Morgan fingerprint density at radius 2 is 1.27 bits per heavy atom. The standard InChI is InChI=1S/C25H18N4O/c30-14-21-22-9-7-16(27-22)11-15-5-6-17(26-15)12-24-19-3-1-2-4-20(19)25(29-24)13-18-8-10-23(21)28-18/h1-14,26-29H. The Morgan fingerprint density at radius 1 is 0.600 bits per heavy atom. The number of aromatic amines is 4. The van der Waals surface area contributed by atoms with Crippen molar-refractivity contribution in [3.8, 4) is 0 Å². The second-order valence-electron chi connectivity index (χ2n) is 7.49. The summed E-state index contributed by atoms with van der Waals surface area (Å²) in [5, 5.41) is 6.02. The Morgan fingerprint density at radius 3 is 2.00 bits per heavy atom. The van der Waals surface area contributed by atoms with E-state index in [4.69, 9.17) is 0 Å². The van der Waals surface area contributed by atoms with Crippen LogP contribution in [0.3, 0.4) is 0 Å². The van der Waals surface area contributed by atoms with E-state index in [-0.39, 0.29) is 0 Å². The molecular weight excluding hydrogens is 372 g/mol.